The number of hydrazine groups is 2. The first-order valence-electron chi connectivity index (χ1n) is 4.31. The van der Waals surface area contributed by atoms with Gasteiger partial charge >= 0.3 is 0 Å². The van der Waals surface area contributed by atoms with Gasteiger partial charge in [0.05, 0.1) is 0 Å². The highest BCUT2D eigenvalue weighted by Gasteiger charge is 2.14. The van der Waals surface area contributed by atoms with Gasteiger partial charge in [0.2, 0.25) is 0 Å². The Morgan fingerprint density at radius 3 is 2.58 bits per heavy atom. The summed E-state index contributed by atoms with van der Waals surface area (Å²) in [5.74, 6) is 0. The third-order valence-corrected chi connectivity index (χ3v) is 2.04. The molecule has 4 nitrogen and oxygen atoms in total. The normalized spacial score (nSPS) is 24.2. The van der Waals surface area contributed by atoms with Crippen LogP contribution in [-0.2, 0) is 0 Å². The fourth-order valence-corrected chi connectivity index (χ4v) is 1.39. The summed E-state index contributed by atoms with van der Waals surface area (Å²) in [7, 11) is 0. The van der Waals surface area contributed by atoms with E-state index in [0.717, 1.165) is 26.2 Å². The number of allylic oxidation sites excluding steroid dienone is 2. The first kappa shape index (κ1) is 7.64. The van der Waals surface area contributed by atoms with E-state index in [9.17, 15) is 0 Å². The molecule has 2 aliphatic rings. The van der Waals surface area contributed by atoms with E-state index in [1.165, 1.54) is 0 Å². The molecule has 1 saturated heterocycles. The molecule has 0 aliphatic carbocycles. The molecule has 66 valence electrons. The summed E-state index contributed by atoms with van der Waals surface area (Å²) in [6.45, 7) is 4.25. The third-order valence-electron chi connectivity index (χ3n) is 2.04. The van der Waals surface area contributed by atoms with Crippen molar-refractivity contribution >= 4 is 0 Å². The first-order chi connectivity index (χ1) is 5.97. The summed E-state index contributed by atoms with van der Waals surface area (Å²) >= 11 is 0. The second-order valence-corrected chi connectivity index (χ2v) is 2.88. The van der Waals surface area contributed by atoms with E-state index < -0.39 is 0 Å². The number of hydrogen-bond donors (Lipinski definition) is 2. The minimum Gasteiger partial charge on any atom is -0.314 e. The molecule has 2 aliphatic heterocycles. The van der Waals surface area contributed by atoms with Crippen LogP contribution in [0.25, 0.3) is 0 Å². The maximum absolute atomic E-state index is 3.32. The van der Waals surface area contributed by atoms with Crippen LogP contribution in [0.15, 0.2) is 24.6 Å². The molecule has 0 saturated carbocycles. The molecule has 0 unspecified atom stereocenters. The van der Waals surface area contributed by atoms with Crippen molar-refractivity contribution in [3.63, 3.8) is 0 Å². The molecule has 0 bridgehead atoms. The molecule has 2 N–H and O–H groups in total. The van der Waals surface area contributed by atoms with Crippen LogP contribution >= 0.6 is 0 Å². The maximum atomic E-state index is 3.32. The number of piperazine rings is 1. The van der Waals surface area contributed by atoms with E-state index in [-0.39, 0.29) is 0 Å². The van der Waals surface area contributed by atoms with Gasteiger partial charge in [-0.25, -0.2) is 5.12 Å². The fourth-order valence-electron chi connectivity index (χ4n) is 1.39. The monoisotopic (exact) mass is 166 g/mol. The van der Waals surface area contributed by atoms with E-state index in [2.05, 4.69) is 15.8 Å². The second kappa shape index (κ2) is 3.60. The highest BCUT2D eigenvalue weighted by atomic mass is 15.8. The van der Waals surface area contributed by atoms with Gasteiger partial charge in [0, 0.05) is 38.6 Å². The van der Waals surface area contributed by atoms with E-state index in [1.54, 1.807) is 0 Å². The lowest BCUT2D eigenvalue weighted by Gasteiger charge is -2.37. The van der Waals surface area contributed by atoms with Crippen LogP contribution in [0.1, 0.15) is 0 Å². The molecule has 4 heteroatoms. The van der Waals surface area contributed by atoms with Crippen molar-refractivity contribution in [2.75, 3.05) is 26.2 Å². The molecule has 2 rings (SSSR count). The summed E-state index contributed by atoms with van der Waals surface area (Å²) in [5.41, 5.74) is 3.15. The summed E-state index contributed by atoms with van der Waals surface area (Å²) in [6.07, 6.45) is 7.98. The van der Waals surface area contributed by atoms with Gasteiger partial charge in [0.25, 0.3) is 0 Å². The molecule has 0 atom stereocenters. The van der Waals surface area contributed by atoms with Crippen molar-refractivity contribution in [3.8, 4) is 0 Å². The first-order valence-corrected chi connectivity index (χ1v) is 4.31. The zero-order valence-electron chi connectivity index (χ0n) is 7.03. The van der Waals surface area contributed by atoms with Crippen LogP contribution in [0, 0.1) is 0 Å². The molecular formula is C8H14N4. The van der Waals surface area contributed by atoms with Crippen molar-refractivity contribution < 1.29 is 0 Å². The molecule has 0 aromatic rings. The number of nitrogens with zero attached hydrogens (tertiary/aromatic N) is 2. The molecule has 12 heavy (non-hydrogen) atoms. The zero-order chi connectivity index (χ0) is 8.23. The van der Waals surface area contributed by atoms with Gasteiger partial charge in [-0.05, 0) is 12.2 Å². The van der Waals surface area contributed by atoms with Crippen molar-refractivity contribution in [3.05, 3.63) is 24.6 Å². The molecular weight excluding hydrogens is 152 g/mol. The van der Waals surface area contributed by atoms with Gasteiger partial charge in [-0.3, -0.25) is 5.43 Å². The van der Waals surface area contributed by atoms with Gasteiger partial charge in [-0.1, -0.05) is 0 Å². The van der Waals surface area contributed by atoms with Gasteiger partial charge in [0.1, 0.15) is 0 Å². The Balaban J connectivity index is 1.90. The second-order valence-electron chi connectivity index (χ2n) is 2.88. The number of hydrogen-bond acceptors (Lipinski definition) is 4. The average Bonchev–Trinajstić information content (AvgIpc) is 2.21. The Morgan fingerprint density at radius 1 is 1.08 bits per heavy atom. The predicted molar refractivity (Wildman–Crippen MR) is 47.7 cm³/mol. The van der Waals surface area contributed by atoms with Crippen LogP contribution in [0.2, 0.25) is 0 Å². The molecule has 1 fully saturated rings. The molecule has 0 amide bonds. The lowest BCUT2D eigenvalue weighted by atomic mass is 10.4. The Hall–Kier alpha value is -1.00. The quantitative estimate of drug-likeness (QED) is 0.557. The van der Waals surface area contributed by atoms with Gasteiger partial charge in [-0.2, -0.15) is 5.01 Å². The lowest BCUT2D eigenvalue weighted by Crippen LogP contribution is -2.54. The fraction of sp³-hybridized carbons (Fsp3) is 0.500. The Morgan fingerprint density at radius 2 is 1.92 bits per heavy atom. The Labute approximate surface area is 72.5 Å². The number of rotatable bonds is 1. The van der Waals surface area contributed by atoms with Gasteiger partial charge in [0.15, 0.2) is 0 Å². The molecule has 0 aromatic heterocycles. The lowest BCUT2D eigenvalue weighted by molar-refractivity contribution is -0.0205. The summed E-state index contributed by atoms with van der Waals surface area (Å²) in [6, 6.07) is 0. The molecule has 0 spiro atoms. The van der Waals surface area contributed by atoms with E-state index >= 15 is 0 Å². The SMILES string of the molecule is C1=CNN(N2CCNCC2)C=C1. The van der Waals surface area contributed by atoms with Crippen molar-refractivity contribution in [2.45, 2.75) is 0 Å². The standard InChI is InChI=1S/C8H14N4/c1-2-6-12(10-3-1)11-7-4-9-5-8-11/h1-3,6,9-10H,4-5,7-8H2. The van der Waals surface area contributed by atoms with Crippen LogP contribution in [0.5, 0.6) is 0 Å². The van der Waals surface area contributed by atoms with Crippen molar-refractivity contribution in [2.24, 2.45) is 0 Å². The topological polar surface area (TPSA) is 30.5 Å². The van der Waals surface area contributed by atoms with E-state index in [0.29, 0.717) is 0 Å². The van der Waals surface area contributed by atoms with Crippen LogP contribution < -0.4 is 10.7 Å². The maximum Gasteiger partial charge on any atom is 0.0398 e. The molecule has 0 aromatic carbocycles. The summed E-state index contributed by atoms with van der Waals surface area (Å²) < 4.78 is 0. The summed E-state index contributed by atoms with van der Waals surface area (Å²) in [5, 5.41) is 7.62. The third kappa shape index (κ3) is 1.60. The smallest absolute Gasteiger partial charge is 0.0398 e. The zero-order valence-corrected chi connectivity index (χ0v) is 7.03. The van der Waals surface area contributed by atoms with Crippen molar-refractivity contribution in [1.29, 1.82) is 0 Å². The Bertz CT molecular complexity index is 193. The highest BCUT2D eigenvalue weighted by molar-refractivity contribution is 5.04. The largest absolute Gasteiger partial charge is 0.314 e. The van der Waals surface area contributed by atoms with Gasteiger partial charge < -0.3 is 5.32 Å². The summed E-state index contributed by atoms with van der Waals surface area (Å²) in [4.78, 5) is 0. The van der Waals surface area contributed by atoms with Crippen molar-refractivity contribution in [1.82, 2.24) is 20.9 Å². The Kier molecular flexibility index (Phi) is 2.29. The molecule has 2 heterocycles. The number of nitrogens with one attached hydrogen (secondary N) is 2. The predicted octanol–water partition coefficient (Wildman–Crippen LogP) is -0.346. The van der Waals surface area contributed by atoms with E-state index in [4.69, 9.17) is 0 Å². The van der Waals surface area contributed by atoms with Crippen LogP contribution in [0.3, 0.4) is 0 Å². The molecule has 0 radical (unpaired) electrons. The van der Waals surface area contributed by atoms with Gasteiger partial charge in [-0.15, -0.1) is 0 Å². The highest BCUT2D eigenvalue weighted by Crippen LogP contribution is 2.00. The minimum absolute atomic E-state index is 1.06. The average molecular weight is 166 g/mol. The van der Waals surface area contributed by atoms with Crippen LogP contribution in [-0.4, -0.2) is 36.3 Å². The van der Waals surface area contributed by atoms with E-state index in [1.807, 2.05) is 29.7 Å². The minimum atomic E-state index is 1.06. The van der Waals surface area contributed by atoms with Crippen LogP contribution in [0.4, 0.5) is 0 Å².